The van der Waals surface area contributed by atoms with Crippen molar-refractivity contribution >= 4 is 11.6 Å². The molecule has 0 aromatic rings. The maximum absolute atomic E-state index is 11.9. The monoisotopic (exact) mass is 329 g/mol. The van der Waals surface area contributed by atoms with Gasteiger partial charge in [-0.1, -0.05) is 20.8 Å². The molecule has 0 aromatic carbocycles. The molecule has 1 fully saturated rings. The van der Waals surface area contributed by atoms with E-state index in [1.165, 1.54) is 0 Å². The van der Waals surface area contributed by atoms with Crippen molar-refractivity contribution in [2.75, 3.05) is 34.0 Å². The Kier molecular flexibility index (Phi) is 13.2. The van der Waals surface area contributed by atoms with Crippen LogP contribution in [-0.2, 0) is 19.1 Å². The Morgan fingerprint density at radius 2 is 1.70 bits per heavy atom. The molecule has 1 unspecified atom stereocenters. The first kappa shape index (κ1) is 22.2. The first-order chi connectivity index (χ1) is 10.9. The van der Waals surface area contributed by atoms with Crippen LogP contribution < -0.4 is 5.32 Å². The van der Waals surface area contributed by atoms with E-state index in [1.54, 1.807) is 14.2 Å². The molecule has 1 heterocycles. The number of carbonyl (C=O) groups excluding carboxylic acids is 2. The average molecular weight is 329 g/mol. The molecule has 0 aliphatic carbocycles. The SMILES string of the molecule is CC(C)C.COCCCC(=O)C1C[C@@H](CC(=O)CCOC)CN1. The Labute approximate surface area is 141 Å². The summed E-state index contributed by atoms with van der Waals surface area (Å²) in [5.74, 6) is 1.59. The quantitative estimate of drug-likeness (QED) is 0.624. The molecule has 5 heteroatoms. The minimum atomic E-state index is -0.0721. The second kappa shape index (κ2) is 13.6. The van der Waals surface area contributed by atoms with Gasteiger partial charge in [-0.3, -0.25) is 9.59 Å². The highest BCUT2D eigenvalue weighted by Gasteiger charge is 2.29. The molecule has 1 aliphatic heterocycles. The van der Waals surface area contributed by atoms with Crippen LogP contribution in [-0.4, -0.2) is 51.6 Å². The van der Waals surface area contributed by atoms with Crippen LogP contribution in [0.5, 0.6) is 0 Å². The van der Waals surface area contributed by atoms with Crippen LogP contribution in [0.4, 0.5) is 0 Å². The summed E-state index contributed by atoms with van der Waals surface area (Å²) < 4.78 is 9.83. The van der Waals surface area contributed by atoms with Gasteiger partial charge in [0.25, 0.3) is 0 Å². The number of nitrogens with one attached hydrogen (secondary N) is 1. The largest absolute Gasteiger partial charge is 0.385 e. The summed E-state index contributed by atoms with van der Waals surface area (Å²) in [7, 11) is 3.24. The van der Waals surface area contributed by atoms with Crippen LogP contribution in [0.15, 0.2) is 0 Å². The summed E-state index contributed by atoms with van der Waals surface area (Å²) in [6.45, 7) is 8.37. The van der Waals surface area contributed by atoms with Gasteiger partial charge in [0.05, 0.1) is 12.6 Å². The van der Waals surface area contributed by atoms with Crippen molar-refractivity contribution in [3.63, 3.8) is 0 Å². The van der Waals surface area contributed by atoms with Gasteiger partial charge in [0.2, 0.25) is 0 Å². The van der Waals surface area contributed by atoms with E-state index in [4.69, 9.17) is 9.47 Å². The molecule has 5 nitrogen and oxygen atoms in total. The fraction of sp³-hybridized carbons (Fsp3) is 0.889. The van der Waals surface area contributed by atoms with Gasteiger partial charge >= 0.3 is 0 Å². The van der Waals surface area contributed by atoms with Gasteiger partial charge in [0.1, 0.15) is 11.6 Å². The fourth-order valence-corrected chi connectivity index (χ4v) is 2.41. The van der Waals surface area contributed by atoms with Gasteiger partial charge < -0.3 is 14.8 Å². The molecule has 1 rings (SSSR count). The molecule has 0 saturated carbocycles. The maximum Gasteiger partial charge on any atom is 0.149 e. The van der Waals surface area contributed by atoms with Crippen molar-refractivity contribution in [2.24, 2.45) is 11.8 Å². The molecule has 0 radical (unpaired) electrons. The van der Waals surface area contributed by atoms with E-state index >= 15 is 0 Å². The lowest BCUT2D eigenvalue weighted by Gasteiger charge is -2.09. The molecule has 136 valence electrons. The van der Waals surface area contributed by atoms with Gasteiger partial charge in [-0.05, 0) is 31.2 Å². The average Bonchev–Trinajstić information content (AvgIpc) is 2.93. The molecular formula is C18H35NO4. The third-order valence-corrected chi connectivity index (χ3v) is 3.48. The van der Waals surface area contributed by atoms with E-state index in [-0.39, 0.29) is 17.6 Å². The van der Waals surface area contributed by atoms with E-state index in [9.17, 15) is 9.59 Å². The third kappa shape index (κ3) is 12.3. The lowest BCUT2D eigenvalue weighted by Crippen LogP contribution is -2.30. The van der Waals surface area contributed by atoms with E-state index in [0.717, 1.165) is 25.3 Å². The van der Waals surface area contributed by atoms with Crippen LogP contribution in [0.1, 0.15) is 52.9 Å². The molecule has 2 atom stereocenters. The molecule has 1 saturated heterocycles. The first-order valence-corrected chi connectivity index (χ1v) is 8.66. The van der Waals surface area contributed by atoms with Crippen LogP contribution in [0.25, 0.3) is 0 Å². The van der Waals surface area contributed by atoms with Gasteiger partial charge in [-0.25, -0.2) is 0 Å². The molecule has 0 amide bonds. The minimum Gasteiger partial charge on any atom is -0.385 e. The maximum atomic E-state index is 11.9. The lowest BCUT2D eigenvalue weighted by molar-refractivity contribution is -0.122. The summed E-state index contributed by atoms with van der Waals surface area (Å²) in [6.07, 6.45) is 3.13. The summed E-state index contributed by atoms with van der Waals surface area (Å²) in [5.41, 5.74) is 0. The number of rotatable bonds is 10. The third-order valence-electron chi connectivity index (χ3n) is 3.48. The Bertz CT molecular complexity index is 328. The van der Waals surface area contributed by atoms with Crippen molar-refractivity contribution in [1.82, 2.24) is 5.32 Å². The van der Waals surface area contributed by atoms with Gasteiger partial charge in [0, 0.05) is 40.1 Å². The van der Waals surface area contributed by atoms with Gasteiger partial charge in [-0.15, -0.1) is 0 Å². The zero-order valence-electron chi connectivity index (χ0n) is 15.5. The van der Waals surface area contributed by atoms with Crippen molar-refractivity contribution < 1.29 is 19.1 Å². The second-order valence-corrected chi connectivity index (χ2v) is 6.84. The van der Waals surface area contributed by atoms with E-state index in [2.05, 4.69) is 26.1 Å². The predicted octanol–water partition coefficient (Wildman–Crippen LogP) is 2.62. The van der Waals surface area contributed by atoms with Crippen LogP contribution in [0, 0.1) is 11.8 Å². The zero-order valence-corrected chi connectivity index (χ0v) is 15.5. The number of Topliss-reactive ketones (excluding diaryl/α,β-unsaturated/α-hetero) is 2. The highest BCUT2D eigenvalue weighted by molar-refractivity contribution is 5.84. The lowest BCUT2D eigenvalue weighted by atomic mass is 9.96. The molecule has 1 N–H and O–H groups in total. The summed E-state index contributed by atoms with van der Waals surface area (Å²) in [6, 6.07) is -0.0721. The van der Waals surface area contributed by atoms with Crippen molar-refractivity contribution in [3.05, 3.63) is 0 Å². The highest BCUT2D eigenvalue weighted by Crippen LogP contribution is 2.20. The highest BCUT2D eigenvalue weighted by atomic mass is 16.5. The Morgan fingerprint density at radius 1 is 1.09 bits per heavy atom. The number of ether oxygens (including phenoxy) is 2. The standard InChI is InChI=1S/C14H25NO4.C4H10/c1-18-6-3-4-14(17)13-9-11(10-15-13)8-12(16)5-7-19-2;1-4(2)3/h11,13,15H,3-10H2,1-2H3;4H,1-3H3/t11-,13?;/m1./s1. The molecule has 0 bridgehead atoms. The van der Waals surface area contributed by atoms with Crippen LogP contribution in [0.3, 0.4) is 0 Å². The predicted molar refractivity (Wildman–Crippen MR) is 92.6 cm³/mol. The normalized spacial score (nSPS) is 20.3. The van der Waals surface area contributed by atoms with Crippen LogP contribution >= 0.6 is 0 Å². The molecule has 1 aliphatic rings. The Hall–Kier alpha value is -0.780. The first-order valence-electron chi connectivity index (χ1n) is 8.66. The van der Waals surface area contributed by atoms with E-state index in [0.29, 0.717) is 38.4 Å². The molecule has 23 heavy (non-hydrogen) atoms. The van der Waals surface area contributed by atoms with Crippen molar-refractivity contribution in [1.29, 1.82) is 0 Å². The van der Waals surface area contributed by atoms with Gasteiger partial charge in [0.15, 0.2) is 0 Å². The smallest absolute Gasteiger partial charge is 0.149 e. The number of methoxy groups -OCH3 is 2. The van der Waals surface area contributed by atoms with Gasteiger partial charge in [-0.2, -0.15) is 0 Å². The van der Waals surface area contributed by atoms with Crippen molar-refractivity contribution in [3.8, 4) is 0 Å². The molecule has 0 spiro atoms. The van der Waals surface area contributed by atoms with E-state index in [1.807, 2.05) is 0 Å². The minimum absolute atomic E-state index is 0.0721. The van der Waals surface area contributed by atoms with E-state index < -0.39 is 0 Å². The van der Waals surface area contributed by atoms with Crippen LogP contribution in [0.2, 0.25) is 0 Å². The summed E-state index contributed by atoms with van der Waals surface area (Å²) >= 11 is 0. The number of ketones is 2. The summed E-state index contributed by atoms with van der Waals surface area (Å²) in [4.78, 5) is 23.5. The number of hydrogen-bond donors (Lipinski definition) is 1. The summed E-state index contributed by atoms with van der Waals surface area (Å²) in [5, 5.41) is 3.22. The van der Waals surface area contributed by atoms with Crippen molar-refractivity contribution in [2.45, 2.75) is 58.9 Å². The fourth-order valence-electron chi connectivity index (χ4n) is 2.41. The molecular weight excluding hydrogens is 294 g/mol. The topological polar surface area (TPSA) is 64.6 Å². The number of carbonyl (C=O) groups is 2. The number of hydrogen-bond acceptors (Lipinski definition) is 5. The zero-order chi connectivity index (χ0) is 17.7. The Morgan fingerprint density at radius 3 is 2.26 bits per heavy atom. The molecule has 0 aromatic heterocycles. The second-order valence-electron chi connectivity index (χ2n) is 6.84. The Balaban J connectivity index is 0.00000108.